The molecule has 0 spiro atoms. The maximum Gasteiger partial charge on any atom is 0.350 e. The van der Waals surface area contributed by atoms with Gasteiger partial charge >= 0.3 is 17.5 Å². The summed E-state index contributed by atoms with van der Waals surface area (Å²) in [5.41, 5.74) is 0.333. The van der Waals surface area contributed by atoms with Gasteiger partial charge in [0.1, 0.15) is 17.5 Å². The van der Waals surface area contributed by atoms with Crippen LogP contribution < -0.4 is 4.74 Å². The van der Waals surface area contributed by atoms with Gasteiger partial charge in [-0.25, -0.2) is 4.79 Å². The lowest BCUT2D eigenvalue weighted by molar-refractivity contribution is -0.385. The Hall–Kier alpha value is -2.90. The number of hydrogen-bond donors (Lipinski definition) is 1. The van der Waals surface area contributed by atoms with Gasteiger partial charge in [0.15, 0.2) is 0 Å². The van der Waals surface area contributed by atoms with Gasteiger partial charge in [0.05, 0.1) is 4.92 Å². The predicted octanol–water partition coefficient (Wildman–Crippen LogP) is 2.13. The van der Waals surface area contributed by atoms with E-state index in [1.54, 1.807) is 13.0 Å². The largest absolute Gasteiger partial charge is 0.478 e. The summed E-state index contributed by atoms with van der Waals surface area (Å²) in [6.07, 6.45) is 1.18. The van der Waals surface area contributed by atoms with Crippen molar-refractivity contribution in [1.82, 2.24) is 9.78 Å². The van der Waals surface area contributed by atoms with Crippen molar-refractivity contribution in [2.75, 3.05) is 0 Å². The normalized spacial score (nSPS) is 10.3. The summed E-state index contributed by atoms with van der Waals surface area (Å²) in [6.45, 7) is 1.74. The molecule has 0 aliphatic rings. The second kappa shape index (κ2) is 5.00. The van der Waals surface area contributed by atoms with E-state index in [4.69, 9.17) is 9.84 Å². The van der Waals surface area contributed by atoms with Crippen molar-refractivity contribution in [3.63, 3.8) is 0 Å². The molecule has 0 atom stereocenters. The minimum Gasteiger partial charge on any atom is -0.478 e. The highest BCUT2D eigenvalue weighted by atomic mass is 16.6. The molecule has 1 heterocycles. The van der Waals surface area contributed by atoms with Gasteiger partial charge in [-0.15, -0.1) is 5.10 Å². The third-order valence-electron chi connectivity index (χ3n) is 2.55. The van der Waals surface area contributed by atoms with Crippen LogP contribution in [0.3, 0.4) is 0 Å². The van der Waals surface area contributed by atoms with Gasteiger partial charge in [0.25, 0.3) is 0 Å². The van der Waals surface area contributed by atoms with E-state index < -0.39 is 10.9 Å². The third kappa shape index (κ3) is 2.58. The summed E-state index contributed by atoms with van der Waals surface area (Å²) in [5.74, 6) is -1.42. The molecule has 1 N–H and O–H groups in total. The zero-order valence-electron chi connectivity index (χ0n) is 10.7. The zero-order chi connectivity index (χ0) is 14.9. The smallest absolute Gasteiger partial charge is 0.350 e. The van der Waals surface area contributed by atoms with Crippen molar-refractivity contribution in [1.29, 1.82) is 0 Å². The Balaban J connectivity index is 2.45. The molecule has 0 fully saturated rings. The highest BCUT2D eigenvalue weighted by Crippen LogP contribution is 2.31. The molecule has 104 valence electrons. The van der Waals surface area contributed by atoms with Crippen LogP contribution in [0.1, 0.15) is 15.9 Å². The Morgan fingerprint density at radius 2 is 2.20 bits per heavy atom. The molecule has 0 saturated heterocycles. The van der Waals surface area contributed by atoms with Crippen LogP contribution in [0.2, 0.25) is 0 Å². The number of hydrogen-bond acceptors (Lipinski definition) is 5. The first kappa shape index (κ1) is 13.5. The standard InChI is InChI=1S/C12H11N3O5/c1-7-3-4-10(8(5-7)12(16)17)20-11-9(15(18)19)6-14(2)13-11/h3-6H,1-2H3,(H,16,17). The summed E-state index contributed by atoms with van der Waals surface area (Å²) in [7, 11) is 1.51. The van der Waals surface area contributed by atoms with Gasteiger partial charge in [-0.2, -0.15) is 0 Å². The number of carboxylic acid groups (broad SMARTS) is 1. The summed E-state index contributed by atoms with van der Waals surface area (Å²) >= 11 is 0. The SMILES string of the molecule is Cc1ccc(Oc2nn(C)cc2[N+](=O)[O-])c(C(=O)O)c1. The Morgan fingerprint density at radius 3 is 2.80 bits per heavy atom. The Labute approximate surface area is 113 Å². The topological polar surface area (TPSA) is 107 Å². The number of benzene rings is 1. The quantitative estimate of drug-likeness (QED) is 0.677. The number of rotatable bonds is 4. The van der Waals surface area contributed by atoms with Crippen molar-refractivity contribution in [3.8, 4) is 11.6 Å². The first-order valence-corrected chi connectivity index (χ1v) is 5.58. The molecule has 0 aliphatic heterocycles. The fourth-order valence-electron chi connectivity index (χ4n) is 1.66. The van der Waals surface area contributed by atoms with Crippen LogP contribution in [0.4, 0.5) is 5.69 Å². The number of aryl methyl sites for hydroxylation is 2. The van der Waals surface area contributed by atoms with E-state index in [-0.39, 0.29) is 22.9 Å². The van der Waals surface area contributed by atoms with Gasteiger partial charge in [0.2, 0.25) is 0 Å². The fourth-order valence-corrected chi connectivity index (χ4v) is 1.66. The molecule has 0 unspecified atom stereocenters. The third-order valence-corrected chi connectivity index (χ3v) is 2.55. The zero-order valence-corrected chi connectivity index (χ0v) is 10.7. The Kier molecular flexibility index (Phi) is 3.38. The molecule has 0 saturated carbocycles. The average Bonchev–Trinajstić information content (AvgIpc) is 2.72. The number of carboxylic acids is 1. The molecule has 2 aromatic rings. The number of nitro groups is 1. The van der Waals surface area contributed by atoms with Crippen molar-refractivity contribution < 1.29 is 19.6 Å². The number of nitrogens with zero attached hydrogens (tertiary/aromatic N) is 3. The molecule has 1 aromatic carbocycles. The van der Waals surface area contributed by atoms with E-state index in [1.807, 2.05) is 0 Å². The van der Waals surface area contributed by atoms with Crippen LogP contribution >= 0.6 is 0 Å². The fraction of sp³-hybridized carbons (Fsp3) is 0.167. The van der Waals surface area contributed by atoms with Crippen LogP contribution in [0.15, 0.2) is 24.4 Å². The highest BCUT2D eigenvalue weighted by Gasteiger charge is 2.22. The molecule has 0 bridgehead atoms. The van der Waals surface area contributed by atoms with Gasteiger partial charge in [0, 0.05) is 7.05 Å². The van der Waals surface area contributed by atoms with Crippen LogP contribution in [0, 0.1) is 17.0 Å². The van der Waals surface area contributed by atoms with Gasteiger partial charge in [-0.1, -0.05) is 11.6 Å². The number of ether oxygens (including phenoxy) is 1. The lowest BCUT2D eigenvalue weighted by atomic mass is 10.1. The first-order valence-electron chi connectivity index (χ1n) is 5.58. The first-order chi connectivity index (χ1) is 9.38. The molecule has 20 heavy (non-hydrogen) atoms. The van der Waals surface area contributed by atoms with E-state index in [2.05, 4.69) is 5.10 Å². The average molecular weight is 277 g/mol. The molecule has 2 rings (SSSR count). The van der Waals surface area contributed by atoms with Gasteiger partial charge in [-0.3, -0.25) is 14.8 Å². The van der Waals surface area contributed by atoms with Crippen molar-refractivity contribution in [2.24, 2.45) is 7.05 Å². The molecule has 1 aromatic heterocycles. The molecule has 0 radical (unpaired) electrons. The minimum atomic E-state index is -1.18. The Bertz CT molecular complexity index is 692. The van der Waals surface area contributed by atoms with Crippen LogP contribution in [-0.4, -0.2) is 25.8 Å². The molecule has 0 aliphatic carbocycles. The number of carbonyl (C=O) groups is 1. The summed E-state index contributed by atoms with van der Waals surface area (Å²) in [4.78, 5) is 21.4. The van der Waals surface area contributed by atoms with E-state index in [0.717, 1.165) is 5.56 Å². The maximum atomic E-state index is 11.1. The van der Waals surface area contributed by atoms with Crippen molar-refractivity contribution >= 4 is 11.7 Å². The molecule has 8 nitrogen and oxygen atoms in total. The monoisotopic (exact) mass is 277 g/mol. The summed E-state index contributed by atoms with van der Waals surface area (Å²) < 4.78 is 6.51. The van der Waals surface area contributed by atoms with E-state index >= 15 is 0 Å². The lowest BCUT2D eigenvalue weighted by Gasteiger charge is -2.06. The minimum absolute atomic E-state index is 0.00454. The van der Waals surface area contributed by atoms with E-state index in [9.17, 15) is 14.9 Å². The summed E-state index contributed by atoms with van der Waals surface area (Å²) in [6, 6.07) is 4.51. The number of aromatic nitrogens is 2. The van der Waals surface area contributed by atoms with Gasteiger partial charge in [-0.05, 0) is 19.1 Å². The predicted molar refractivity (Wildman–Crippen MR) is 68.1 cm³/mol. The van der Waals surface area contributed by atoms with Crippen LogP contribution in [0.25, 0.3) is 0 Å². The van der Waals surface area contributed by atoms with E-state index in [1.165, 1.54) is 30.1 Å². The highest BCUT2D eigenvalue weighted by molar-refractivity contribution is 5.91. The van der Waals surface area contributed by atoms with Crippen molar-refractivity contribution in [3.05, 3.63) is 45.6 Å². The van der Waals surface area contributed by atoms with Crippen molar-refractivity contribution in [2.45, 2.75) is 6.92 Å². The molecule has 0 amide bonds. The van der Waals surface area contributed by atoms with Crippen LogP contribution in [-0.2, 0) is 7.05 Å². The van der Waals surface area contributed by atoms with Gasteiger partial charge < -0.3 is 9.84 Å². The van der Waals surface area contributed by atoms with Crippen LogP contribution in [0.5, 0.6) is 11.6 Å². The summed E-state index contributed by atoms with van der Waals surface area (Å²) in [5, 5.41) is 23.8. The second-order valence-corrected chi connectivity index (χ2v) is 4.16. The molecule has 8 heteroatoms. The molecular weight excluding hydrogens is 266 g/mol. The van der Waals surface area contributed by atoms with E-state index in [0.29, 0.717) is 0 Å². The molecular formula is C12H11N3O5. The Morgan fingerprint density at radius 1 is 1.50 bits per heavy atom. The number of aromatic carboxylic acids is 1. The second-order valence-electron chi connectivity index (χ2n) is 4.16. The maximum absolute atomic E-state index is 11.1. The lowest BCUT2D eigenvalue weighted by Crippen LogP contribution is -2.01.